The smallest absolute Gasteiger partial charge is 0.311 e. The number of nitro benzene ring substituents is 1. The first kappa shape index (κ1) is 14.0. The number of nitrogens with zero attached hydrogens (tertiary/aromatic N) is 3. The summed E-state index contributed by atoms with van der Waals surface area (Å²) in [5.74, 6) is -0.00375. The van der Waals surface area contributed by atoms with Crippen LogP contribution in [0.4, 0.5) is 11.6 Å². The van der Waals surface area contributed by atoms with Gasteiger partial charge in [-0.25, -0.2) is 4.98 Å². The summed E-state index contributed by atoms with van der Waals surface area (Å²) in [5.41, 5.74) is 6.11. The maximum atomic E-state index is 11.1. The van der Waals surface area contributed by atoms with Crippen LogP contribution in [0.15, 0.2) is 24.4 Å². The molecule has 0 aliphatic heterocycles. The summed E-state index contributed by atoms with van der Waals surface area (Å²) in [5, 5.41) is 11.2. The van der Waals surface area contributed by atoms with Crippen LogP contribution in [0, 0.1) is 10.1 Å². The van der Waals surface area contributed by atoms with Gasteiger partial charge in [-0.3, -0.25) is 10.1 Å². The van der Waals surface area contributed by atoms with E-state index in [1.807, 2.05) is 6.92 Å². The molecule has 20 heavy (non-hydrogen) atoms. The van der Waals surface area contributed by atoms with Crippen LogP contribution < -0.4 is 10.5 Å². The molecule has 0 aliphatic carbocycles. The lowest BCUT2D eigenvalue weighted by molar-refractivity contribution is -0.385. The van der Waals surface area contributed by atoms with E-state index in [1.165, 1.54) is 18.3 Å². The highest BCUT2D eigenvalue weighted by Crippen LogP contribution is 2.34. The third-order valence-corrected chi connectivity index (χ3v) is 2.82. The van der Waals surface area contributed by atoms with Crippen LogP contribution in [0.5, 0.6) is 11.6 Å². The molecule has 2 rings (SSSR count). The lowest BCUT2D eigenvalue weighted by atomic mass is 10.1. The molecule has 0 amide bonds. The second-order valence-corrected chi connectivity index (χ2v) is 4.30. The molecule has 0 unspecified atom stereocenters. The molecule has 104 valence electrons. The minimum absolute atomic E-state index is 0.0217. The zero-order chi connectivity index (χ0) is 14.7. The van der Waals surface area contributed by atoms with E-state index in [9.17, 15) is 10.1 Å². The van der Waals surface area contributed by atoms with Gasteiger partial charge in [0.05, 0.1) is 11.1 Å². The van der Waals surface area contributed by atoms with Crippen molar-refractivity contribution in [2.75, 3.05) is 5.73 Å². The molecule has 2 aromatic rings. The first-order valence-electron chi connectivity index (χ1n) is 5.74. The minimum Gasteiger partial charge on any atom is -0.430 e. The first-order chi connectivity index (χ1) is 9.51. The molecule has 0 saturated heterocycles. The summed E-state index contributed by atoms with van der Waals surface area (Å²) in [6.45, 7) is 1.90. The topological polar surface area (TPSA) is 104 Å². The maximum Gasteiger partial charge on any atom is 0.311 e. The Morgan fingerprint density at radius 2 is 2.25 bits per heavy atom. The Kier molecular flexibility index (Phi) is 3.99. The summed E-state index contributed by atoms with van der Waals surface area (Å²) in [6, 6.07) is 4.69. The maximum absolute atomic E-state index is 11.1. The van der Waals surface area contributed by atoms with Crippen LogP contribution in [-0.4, -0.2) is 14.9 Å². The third-order valence-electron chi connectivity index (χ3n) is 2.57. The highest BCUT2D eigenvalue weighted by molar-refractivity contribution is 6.31. The van der Waals surface area contributed by atoms with E-state index < -0.39 is 4.92 Å². The number of nitrogens with two attached hydrogens (primary N) is 1. The number of aromatic nitrogens is 2. The molecule has 0 aliphatic rings. The van der Waals surface area contributed by atoms with Gasteiger partial charge in [0.2, 0.25) is 17.6 Å². The normalized spacial score (nSPS) is 10.3. The van der Waals surface area contributed by atoms with Crippen LogP contribution in [0.2, 0.25) is 5.02 Å². The predicted octanol–water partition coefficient (Wildman–Crippen LogP) is 2.98. The number of ether oxygens (including phenoxy) is 1. The Labute approximate surface area is 119 Å². The molecule has 7 nitrogen and oxygen atoms in total. The highest BCUT2D eigenvalue weighted by atomic mass is 35.5. The third kappa shape index (κ3) is 2.94. The summed E-state index contributed by atoms with van der Waals surface area (Å²) >= 11 is 5.86. The van der Waals surface area contributed by atoms with Crippen LogP contribution in [-0.2, 0) is 6.42 Å². The fourth-order valence-corrected chi connectivity index (χ4v) is 1.68. The van der Waals surface area contributed by atoms with Gasteiger partial charge in [0.25, 0.3) is 0 Å². The Hall–Kier alpha value is -2.41. The fraction of sp³-hybridized carbons (Fsp3) is 0.167. The van der Waals surface area contributed by atoms with Crippen molar-refractivity contribution in [2.24, 2.45) is 0 Å². The van der Waals surface area contributed by atoms with Crippen molar-refractivity contribution in [1.82, 2.24) is 9.97 Å². The summed E-state index contributed by atoms with van der Waals surface area (Å²) in [6.07, 6.45) is 1.95. The highest BCUT2D eigenvalue weighted by Gasteiger charge is 2.18. The van der Waals surface area contributed by atoms with E-state index >= 15 is 0 Å². The average Bonchev–Trinajstić information content (AvgIpc) is 2.43. The van der Waals surface area contributed by atoms with Crippen LogP contribution >= 0.6 is 11.6 Å². The largest absolute Gasteiger partial charge is 0.430 e. The molecular weight excluding hydrogens is 284 g/mol. The van der Waals surface area contributed by atoms with E-state index in [4.69, 9.17) is 22.1 Å². The summed E-state index contributed by atoms with van der Waals surface area (Å²) in [4.78, 5) is 18.0. The molecule has 1 aromatic carbocycles. The van der Waals surface area contributed by atoms with Gasteiger partial charge < -0.3 is 10.5 Å². The van der Waals surface area contributed by atoms with Gasteiger partial charge in [0, 0.05) is 6.07 Å². The number of nitro groups is 1. The van der Waals surface area contributed by atoms with Gasteiger partial charge in [-0.1, -0.05) is 24.6 Å². The van der Waals surface area contributed by atoms with Gasteiger partial charge in [-0.2, -0.15) is 4.98 Å². The minimum atomic E-state index is -0.521. The van der Waals surface area contributed by atoms with E-state index in [1.54, 1.807) is 6.07 Å². The molecule has 1 heterocycles. The number of hydrogen-bond donors (Lipinski definition) is 1. The Balaban J connectivity index is 2.42. The molecule has 2 N–H and O–H groups in total. The van der Waals surface area contributed by atoms with Crippen molar-refractivity contribution >= 4 is 23.2 Å². The lowest BCUT2D eigenvalue weighted by Gasteiger charge is -2.08. The molecule has 0 radical (unpaired) electrons. The van der Waals surface area contributed by atoms with Crippen molar-refractivity contribution in [3.05, 3.63) is 45.1 Å². The monoisotopic (exact) mass is 294 g/mol. The molecule has 8 heteroatoms. The quantitative estimate of drug-likeness (QED) is 0.686. The van der Waals surface area contributed by atoms with Gasteiger partial charge in [0.15, 0.2) is 0 Å². The van der Waals surface area contributed by atoms with E-state index in [0.29, 0.717) is 6.42 Å². The molecule has 0 fully saturated rings. The zero-order valence-corrected chi connectivity index (χ0v) is 11.3. The molecule has 0 spiro atoms. The number of aryl methyl sites for hydroxylation is 1. The molecular formula is C12H11ClN4O3. The van der Waals surface area contributed by atoms with Crippen molar-refractivity contribution in [2.45, 2.75) is 13.3 Å². The Bertz CT molecular complexity index is 663. The van der Waals surface area contributed by atoms with Gasteiger partial charge in [0.1, 0.15) is 5.02 Å². The van der Waals surface area contributed by atoms with Crippen LogP contribution in [0.1, 0.15) is 12.5 Å². The summed E-state index contributed by atoms with van der Waals surface area (Å²) in [7, 11) is 0. The van der Waals surface area contributed by atoms with Crippen molar-refractivity contribution in [3.8, 4) is 11.6 Å². The van der Waals surface area contributed by atoms with Crippen LogP contribution in [0.3, 0.4) is 0 Å². The van der Waals surface area contributed by atoms with E-state index in [0.717, 1.165) is 5.56 Å². The number of benzene rings is 1. The Morgan fingerprint density at radius 3 is 2.90 bits per heavy atom. The number of halogens is 1. The second-order valence-electron chi connectivity index (χ2n) is 3.90. The molecule has 1 aromatic heterocycles. The average molecular weight is 295 g/mol. The number of nitrogen functional groups attached to an aromatic ring is 1. The van der Waals surface area contributed by atoms with Crippen molar-refractivity contribution in [1.29, 1.82) is 0 Å². The van der Waals surface area contributed by atoms with Gasteiger partial charge >= 0.3 is 5.69 Å². The SMILES string of the molecule is CCc1ccc(Oc2nc(N)ncc2Cl)c([N+](=O)[O-])c1. The van der Waals surface area contributed by atoms with Crippen molar-refractivity contribution < 1.29 is 9.66 Å². The van der Waals surface area contributed by atoms with Gasteiger partial charge in [-0.15, -0.1) is 0 Å². The number of hydrogen-bond acceptors (Lipinski definition) is 6. The second kappa shape index (κ2) is 5.70. The lowest BCUT2D eigenvalue weighted by Crippen LogP contribution is -1.99. The number of rotatable bonds is 4. The van der Waals surface area contributed by atoms with Gasteiger partial charge in [-0.05, 0) is 18.1 Å². The standard InChI is InChI=1S/C12H11ClN4O3/c1-2-7-3-4-10(9(5-7)17(18)19)20-11-8(13)6-15-12(14)16-11/h3-6H,2H2,1H3,(H2,14,15,16). The molecule has 0 saturated carbocycles. The predicted molar refractivity (Wildman–Crippen MR) is 74.0 cm³/mol. The summed E-state index contributed by atoms with van der Waals surface area (Å²) < 4.78 is 5.38. The van der Waals surface area contributed by atoms with Crippen LogP contribution in [0.25, 0.3) is 0 Å². The fourth-order valence-electron chi connectivity index (χ4n) is 1.55. The number of anilines is 1. The molecule has 0 atom stereocenters. The van der Waals surface area contributed by atoms with E-state index in [-0.39, 0.29) is 28.3 Å². The molecule has 0 bridgehead atoms. The van der Waals surface area contributed by atoms with E-state index in [2.05, 4.69) is 9.97 Å². The van der Waals surface area contributed by atoms with Crippen molar-refractivity contribution in [3.63, 3.8) is 0 Å². The first-order valence-corrected chi connectivity index (χ1v) is 6.12. The Morgan fingerprint density at radius 1 is 1.50 bits per heavy atom. The zero-order valence-electron chi connectivity index (χ0n) is 10.5.